The first kappa shape index (κ1) is 13.9. The van der Waals surface area contributed by atoms with Crippen LogP contribution < -0.4 is 10.6 Å². The molecule has 2 N–H and O–H groups in total. The first-order chi connectivity index (χ1) is 7.70. The zero-order valence-electron chi connectivity index (χ0n) is 10.7. The minimum absolute atomic E-state index is 0.0903. The van der Waals surface area contributed by atoms with E-state index in [1.165, 1.54) is 6.07 Å². The standard InChI is InChI=1S/C13H19FN2S/c1-13(2,3)8-16(4)9-5-6-10(12(15)17)11(14)7-9/h5-7H,8H2,1-4H3,(H2,15,17). The van der Waals surface area contributed by atoms with Crippen LogP contribution in [-0.2, 0) is 0 Å². The predicted octanol–water partition coefficient (Wildman–Crippen LogP) is 2.94. The van der Waals surface area contributed by atoms with E-state index in [1.54, 1.807) is 6.07 Å². The summed E-state index contributed by atoms with van der Waals surface area (Å²) in [6, 6.07) is 4.94. The van der Waals surface area contributed by atoms with E-state index in [-0.39, 0.29) is 16.2 Å². The van der Waals surface area contributed by atoms with E-state index >= 15 is 0 Å². The summed E-state index contributed by atoms with van der Waals surface area (Å²) >= 11 is 4.77. The molecule has 1 rings (SSSR count). The first-order valence-electron chi connectivity index (χ1n) is 5.51. The Balaban J connectivity index is 2.94. The van der Waals surface area contributed by atoms with Crippen LogP contribution in [0.1, 0.15) is 26.3 Å². The van der Waals surface area contributed by atoms with Gasteiger partial charge < -0.3 is 10.6 Å². The number of hydrogen-bond acceptors (Lipinski definition) is 2. The normalized spacial score (nSPS) is 11.4. The summed E-state index contributed by atoms with van der Waals surface area (Å²) in [4.78, 5) is 2.11. The number of thiocarbonyl (C=S) groups is 1. The monoisotopic (exact) mass is 254 g/mol. The van der Waals surface area contributed by atoms with E-state index in [1.807, 2.05) is 18.0 Å². The van der Waals surface area contributed by atoms with Gasteiger partial charge in [0.05, 0.1) is 0 Å². The van der Waals surface area contributed by atoms with Crippen molar-refractivity contribution in [2.24, 2.45) is 11.1 Å². The molecule has 0 aliphatic carbocycles. The van der Waals surface area contributed by atoms with E-state index < -0.39 is 0 Å². The van der Waals surface area contributed by atoms with Gasteiger partial charge in [-0.25, -0.2) is 4.39 Å². The second kappa shape index (κ2) is 5.00. The Bertz CT molecular complexity index is 424. The molecule has 1 aromatic carbocycles. The lowest BCUT2D eigenvalue weighted by atomic mass is 9.96. The average molecular weight is 254 g/mol. The van der Waals surface area contributed by atoms with Crippen LogP contribution in [0.5, 0.6) is 0 Å². The Labute approximate surface area is 108 Å². The molecule has 0 unspecified atom stereocenters. The summed E-state index contributed by atoms with van der Waals surface area (Å²) in [5.74, 6) is -0.365. The molecule has 0 radical (unpaired) electrons. The van der Waals surface area contributed by atoms with Crippen molar-refractivity contribution < 1.29 is 4.39 Å². The number of nitrogens with zero attached hydrogens (tertiary/aromatic N) is 1. The van der Waals surface area contributed by atoms with Crippen LogP contribution in [0.2, 0.25) is 0 Å². The molecule has 0 fully saturated rings. The molecule has 94 valence electrons. The van der Waals surface area contributed by atoms with E-state index in [2.05, 4.69) is 20.8 Å². The third-order valence-corrected chi connectivity index (χ3v) is 2.59. The molecule has 1 aromatic rings. The zero-order valence-corrected chi connectivity index (χ0v) is 11.6. The highest BCUT2D eigenvalue weighted by Crippen LogP contribution is 2.22. The largest absolute Gasteiger partial charge is 0.389 e. The molecule has 0 heterocycles. The lowest BCUT2D eigenvalue weighted by Crippen LogP contribution is -2.29. The minimum atomic E-state index is -0.365. The Hall–Kier alpha value is -1.16. The number of benzene rings is 1. The molecule has 0 bridgehead atoms. The zero-order chi connectivity index (χ0) is 13.2. The molecule has 0 amide bonds. The number of nitrogens with two attached hydrogens (primary N) is 1. The smallest absolute Gasteiger partial charge is 0.135 e. The fourth-order valence-corrected chi connectivity index (χ4v) is 1.91. The second-order valence-electron chi connectivity index (χ2n) is 5.45. The van der Waals surface area contributed by atoms with Crippen LogP contribution in [0, 0.1) is 11.2 Å². The van der Waals surface area contributed by atoms with Gasteiger partial charge in [-0.2, -0.15) is 0 Å². The van der Waals surface area contributed by atoms with Gasteiger partial charge in [-0.1, -0.05) is 33.0 Å². The molecule has 0 aliphatic heterocycles. The Morgan fingerprint density at radius 2 is 2.00 bits per heavy atom. The van der Waals surface area contributed by atoms with Crippen molar-refractivity contribution in [1.82, 2.24) is 0 Å². The summed E-state index contributed by atoms with van der Waals surface area (Å²) < 4.78 is 13.7. The van der Waals surface area contributed by atoms with Crippen LogP contribution in [0.25, 0.3) is 0 Å². The van der Waals surface area contributed by atoms with Gasteiger partial charge in [0.25, 0.3) is 0 Å². The quantitative estimate of drug-likeness (QED) is 0.841. The van der Waals surface area contributed by atoms with Crippen molar-refractivity contribution in [3.63, 3.8) is 0 Å². The maximum Gasteiger partial charge on any atom is 0.135 e. The molecule has 4 heteroatoms. The highest BCUT2D eigenvalue weighted by Gasteiger charge is 2.15. The van der Waals surface area contributed by atoms with Gasteiger partial charge in [0.2, 0.25) is 0 Å². The van der Waals surface area contributed by atoms with Gasteiger partial charge in [-0.3, -0.25) is 0 Å². The third kappa shape index (κ3) is 3.97. The molecule has 0 aromatic heterocycles. The number of hydrogen-bond donors (Lipinski definition) is 1. The van der Waals surface area contributed by atoms with Crippen molar-refractivity contribution in [2.45, 2.75) is 20.8 Å². The molecule has 0 aliphatic rings. The second-order valence-corrected chi connectivity index (χ2v) is 5.88. The first-order valence-corrected chi connectivity index (χ1v) is 5.92. The van der Waals surface area contributed by atoms with Crippen molar-refractivity contribution in [3.05, 3.63) is 29.6 Å². The van der Waals surface area contributed by atoms with Gasteiger partial charge in [0.15, 0.2) is 0 Å². The molecule has 0 saturated carbocycles. The van der Waals surface area contributed by atoms with Gasteiger partial charge in [0.1, 0.15) is 10.8 Å². The summed E-state index contributed by atoms with van der Waals surface area (Å²) in [6.45, 7) is 7.27. The number of anilines is 1. The fraction of sp³-hybridized carbons (Fsp3) is 0.462. The summed E-state index contributed by atoms with van der Waals surface area (Å²) in [5, 5.41) is 0. The Kier molecular flexibility index (Phi) is 4.09. The van der Waals surface area contributed by atoms with Crippen LogP contribution in [0.4, 0.5) is 10.1 Å². The maximum atomic E-state index is 13.7. The van der Waals surface area contributed by atoms with E-state index in [0.717, 1.165) is 12.2 Å². The van der Waals surface area contributed by atoms with Gasteiger partial charge in [-0.05, 0) is 23.6 Å². The lowest BCUT2D eigenvalue weighted by molar-refractivity contribution is 0.418. The third-order valence-electron chi connectivity index (χ3n) is 2.37. The van der Waals surface area contributed by atoms with Crippen molar-refractivity contribution >= 4 is 22.9 Å². The van der Waals surface area contributed by atoms with Crippen LogP contribution in [-0.4, -0.2) is 18.6 Å². The molecule has 0 spiro atoms. The van der Waals surface area contributed by atoms with E-state index in [0.29, 0.717) is 5.56 Å². The molecule has 17 heavy (non-hydrogen) atoms. The van der Waals surface area contributed by atoms with Crippen molar-refractivity contribution in [1.29, 1.82) is 0 Å². The van der Waals surface area contributed by atoms with Crippen LogP contribution >= 0.6 is 12.2 Å². The summed E-state index contributed by atoms with van der Waals surface area (Å²) in [7, 11) is 1.94. The van der Waals surface area contributed by atoms with E-state index in [9.17, 15) is 4.39 Å². The molecule has 0 saturated heterocycles. The van der Waals surface area contributed by atoms with Gasteiger partial charge in [-0.15, -0.1) is 0 Å². The average Bonchev–Trinajstić information content (AvgIpc) is 2.14. The fourth-order valence-electron chi connectivity index (χ4n) is 1.74. The molecular formula is C13H19FN2S. The molecular weight excluding hydrogens is 235 g/mol. The number of rotatable bonds is 3. The van der Waals surface area contributed by atoms with E-state index in [4.69, 9.17) is 18.0 Å². The van der Waals surface area contributed by atoms with Gasteiger partial charge >= 0.3 is 0 Å². The van der Waals surface area contributed by atoms with Gasteiger partial charge in [0, 0.05) is 24.8 Å². The Morgan fingerprint density at radius 3 is 2.41 bits per heavy atom. The number of halogens is 1. The minimum Gasteiger partial charge on any atom is -0.389 e. The maximum absolute atomic E-state index is 13.7. The topological polar surface area (TPSA) is 29.3 Å². The molecule has 2 nitrogen and oxygen atoms in total. The van der Waals surface area contributed by atoms with Crippen molar-refractivity contribution in [3.8, 4) is 0 Å². The Morgan fingerprint density at radius 1 is 1.41 bits per heavy atom. The summed E-state index contributed by atoms with van der Waals surface area (Å²) in [5.41, 5.74) is 6.71. The predicted molar refractivity (Wildman–Crippen MR) is 75.0 cm³/mol. The van der Waals surface area contributed by atoms with Crippen LogP contribution in [0.3, 0.4) is 0 Å². The highest BCUT2D eigenvalue weighted by molar-refractivity contribution is 7.80. The SMILES string of the molecule is CN(CC(C)(C)C)c1ccc(C(N)=S)c(F)c1. The lowest BCUT2D eigenvalue weighted by Gasteiger charge is -2.28. The van der Waals surface area contributed by atoms with Crippen LogP contribution in [0.15, 0.2) is 18.2 Å². The molecule has 0 atom stereocenters. The highest BCUT2D eigenvalue weighted by atomic mass is 32.1. The van der Waals surface area contributed by atoms with Crippen molar-refractivity contribution in [2.75, 3.05) is 18.5 Å². The summed E-state index contributed by atoms with van der Waals surface area (Å²) in [6.07, 6.45) is 0.